The summed E-state index contributed by atoms with van der Waals surface area (Å²) in [6.45, 7) is 7.84. The van der Waals surface area contributed by atoms with Gasteiger partial charge >= 0.3 is 6.03 Å². The number of carbonyl (C=O) groups is 1. The molecule has 4 heteroatoms. The summed E-state index contributed by atoms with van der Waals surface area (Å²) in [5.41, 5.74) is -0.169. The van der Waals surface area contributed by atoms with Crippen molar-refractivity contribution in [3.05, 3.63) is 0 Å². The van der Waals surface area contributed by atoms with E-state index in [0.717, 1.165) is 19.5 Å². The highest BCUT2D eigenvalue weighted by Gasteiger charge is 2.27. The SMILES string of the molecule is CC(C)(C)C(O)CN1CCCNC1=O. The zero-order valence-corrected chi connectivity index (χ0v) is 9.21. The molecule has 1 heterocycles. The van der Waals surface area contributed by atoms with E-state index in [1.54, 1.807) is 4.90 Å². The third-order valence-corrected chi connectivity index (χ3v) is 2.56. The number of amides is 2. The predicted octanol–water partition coefficient (Wildman–Crippen LogP) is 0.809. The highest BCUT2D eigenvalue weighted by atomic mass is 16.3. The third-order valence-electron chi connectivity index (χ3n) is 2.56. The van der Waals surface area contributed by atoms with Gasteiger partial charge in [-0.1, -0.05) is 20.8 Å². The Balaban J connectivity index is 2.46. The Morgan fingerprint density at radius 2 is 2.21 bits per heavy atom. The van der Waals surface area contributed by atoms with E-state index >= 15 is 0 Å². The first-order valence-electron chi connectivity index (χ1n) is 5.12. The molecule has 1 aliphatic heterocycles. The molecule has 0 saturated carbocycles. The Hall–Kier alpha value is -0.770. The number of hydrogen-bond acceptors (Lipinski definition) is 2. The van der Waals surface area contributed by atoms with Crippen LogP contribution in [0, 0.1) is 5.41 Å². The maximum atomic E-state index is 11.4. The van der Waals surface area contributed by atoms with Crippen LogP contribution in [-0.4, -0.2) is 41.8 Å². The fourth-order valence-electron chi connectivity index (χ4n) is 1.34. The first-order valence-corrected chi connectivity index (χ1v) is 5.12. The van der Waals surface area contributed by atoms with Crippen molar-refractivity contribution in [2.24, 2.45) is 5.41 Å². The van der Waals surface area contributed by atoms with Crippen LogP contribution in [-0.2, 0) is 0 Å². The first-order chi connectivity index (χ1) is 6.41. The molecule has 14 heavy (non-hydrogen) atoms. The number of hydrogen-bond donors (Lipinski definition) is 2. The molecule has 2 N–H and O–H groups in total. The van der Waals surface area contributed by atoms with E-state index in [1.807, 2.05) is 20.8 Å². The summed E-state index contributed by atoms with van der Waals surface area (Å²) in [4.78, 5) is 13.0. The van der Waals surface area contributed by atoms with E-state index in [4.69, 9.17) is 0 Å². The molecule has 1 saturated heterocycles. The van der Waals surface area contributed by atoms with Gasteiger partial charge in [-0.3, -0.25) is 0 Å². The molecule has 4 nitrogen and oxygen atoms in total. The van der Waals surface area contributed by atoms with Gasteiger partial charge in [0.15, 0.2) is 0 Å². The van der Waals surface area contributed by atoms with Gasteiger partial charge in [0.1, 0.15) is 0 Å². The molecule has 1 aliphatic rings. The second-order valence-corrected chi connectivity index (χ2v) is 4.91. The highest BCUT2D eigenvalue weighted by molar-refractivity contribution is 5.74. The summed E-state index contributed by atoms with van der Waals surface area (Å²) >= 11 is 0. The number of carbonyl (C=O) groups excluding carboxylic acids is 1. The third kappa shape index (κ3) is 2.87. The topological polar surface area (TPSA) is 52.6 Å². The van der Waals surface area contributed by atoms with Crippen molar-refractivity contribution in [2.45, 2.75) is 33.3 Å². The molecule has 0 aliphatic carbocycles. The molecule has 82 valence electrons. The maximum absolute atomic E-state index is 11.4. The molecular formula is C10H20N2O2. The van der Waals surface area contributed by atoms with Gasteiger partial charge in [0.2, 0.25) is 0 Å². The normalized spacial score (nSPS) is 20.6. The number of urea groups is 1. The van der Waals surface area contributed by atoms with Crippen molar-refractivity contribution in [1.82, 2.24) is 10.2 Å². The van der Waals surface area contributed by atoms with Gasteiger partial charge in [0.25, 0.3) is 0 Å². The number of aliphatic hydroxyl groups excluding tert-OH is 1. The van der Waals surface area contributed by atoms with Crippen molar-refractivity contribution in [2.75, 3.05) is 19.6 Å². The lowest BCUT2D eigenvalue weighted by Gasteiger charge is -2.34. The Kier molecular flexibility index (Phi) is 3.37. The number of nitrogens with zero attached hydrogens (tertiary/aromatic N) is 1. The lowest BCUT2D eigenvalue weighted by atomic mass is 9.89. The van der Waals surface area contributed by atoms with E-state index in [1.165, 1.54) is 0 Å². The summed E-state index contributed by atoms with van der Waals surface area (Å²) in [7, 11) is 0. The van der Waals surface area contributed by atoms with Crippen LogP contribution < -0.4 is 5.32 Å². The van der Waals surface area contributed by atoms with E-state index in [2.05, 4.69) is 5.32 Å². The minimum Gasteiger partial charge on any atom is -0.391 e. The summed E-state index contributed by atoms with van der Waals surface area (Å²) in [5, 5.41) is 12.6. The largest absolute Gasteiger partial charge is 0.391 e. The zero-order valence-electron chi connectivity index (χ0n) is 9.21. The molecule has 1 unspecified atom stereocenters. The predicted molar refractivity (Wildman–Crippen MR) is 55.1 cm³/mol. The van der Waals surface area contributed by atoms with Crippen molar-refractivity contribution in [3.63, 3.8) is 0 Å². The Bertz CT molecular complexity index is 211. The molecule has 0 aromatic rings. The molecule has 1 fully saturated rings. The van der Waals surface area contributed by atoms with Crippen LogP contribution in [0.1, 0.15) is 27.2 Å². The summed E-state index contributed by atoms with van der Waals surface area (Å²) in [6.07, 6.45) is 0.495. The van der Waals surface area contributed by atoms with Crippen molar-refractivity contribution >= 4 is 6.03 Å². The Morgan fingerprint density at radius 1 is 1.57 bits per heavy atom. The molecule has 2 amide bonds. The molecule has 1 rings (SSSR count). The van der Waals surface area contributed by atoms with Gasteiger partial charge in [0, 0.05) is 19.6 Å². The van der Waals surface area contributed by atoms with E-state index < -0.39 is 6.10 Å². The zero-order chi connectivity index (χ0) is 10.8. The van der Waals surface area contributed by atoms with Gasteiger partial charge in [-0.2, -0.15) is 0 Å². The van der Waals surface area contributed by atoms with Crippen LogP contribution in [0.5, 0.6) is 0 Å². The lowest BCUT2D eigenvalue weighted by Crippen LogP contribution is -2.50. The van der Waals surface area contributed by atoms with E-state index in [-0.39, 0.29) is 11.4 Å². The van der Waals surface area contributed by atoms with Crippen LogP contribution in [0.4, 0.5) is 4.79 Å². The average molecular weight is 200 g/mol. The van der Waals surface area contributed by atoms with Crippen molar-refractivity contribution in [1.29, 1.82) is 0 Å². The van der Waals surface area contributed by atoms with Crippen LogP contribution >= 0.6 is 0 Å². The second-order valence-electron chi connectivity index (χ2n) is 4.91. The van der Waals surface area contributed by atoms with Gasteiger partial charge in [0.05, 0.1) is 6.10 Å². The monoisotopic (exact) mass is 200 g/mol. The van der Waals surface area contributed by atoms with Gasteiger partial charge in [-0.05, 0) is 11.8 Å². The molecule has 0 bridgehead atoms. The maximum Gasteiger partial charge on any atom is 0.317 e. The van der Waals surface area contributed by atoms with Gasteiger partial charge in [-0.25, -0.2) is 4.79 Å². The Morgan fingerprint density at radius 3 is 2.71 bits per heavy atom. The lowest BCUT2D eigenvalue weighted by molar-refractivity contribution is 0.0349. The first kappa shape index (κ1) is 11.3. The van der Waals surface area contributed by atoms with Crippen LogP contribution in [0.2, 0.25) is 0 Å². The second kappa shape index (κ2) is 4.17. The molecule has 0 aromatic carbocycles. The van der Waals surface area contributed by atoms with E-state index in [0.29, 0.717) is 6.54 Å². The smallest absolute Gasteiger partial charge is 0.317 e. The fourth-order valence-corrected chi connectivity index (χ4v) is 1.34. The Labute approximate surface area is 85.3 Å². The molecular weight excluding hydrogens is 180 g/mol. The van der Waals surface area contributed by atoms with Crippen LogP contribution in [0.15, 0.2) is 0 Å². The molecule has 0 spiro atoms. The summed E-state index contributed by atoms with van der Waals surface area (Å²) in [5.74, 6) is 0. The number of aliphatic hydroxyl groups is 1. The molecule has 0 radical (unpaired) electrons. The minimum atomic E-state index is -0.466. The number of rotatable bonds is 2. The summed E-state index contributed by atoms with van der Waals surface area (Å²) < 4.78 is 0. The van der Waals surface area contributed by atoms with Gasteiger partial charge < -0.3 is 15.3 Å². The van der Waals surface area contributed by atoms with Gasteiger partial charge in [-0.15, -0.1) is 0 Å². The summed E-state index contributed by atoms with van der Waals surface area (Å²) in [6, 6.07) is -0.0560. The highest BCUT2D eigenvalue weighted by Crippen LogP contribution is 2.20. The standard InChI is InChI=1S/C10H20N2O2/c1-10(2,3)8(13)7-12-6-4-5-11-9(12)14/h8,13H,4-7H2,1-3H3,(H,11,14). The average Bonchev–Trinajstić information content (AvgIpc) is 2.07. The van der Waals surface area contributed by atoms with Crippen LogP contribution in [0.25, 0.3) is 0 Å². The van der Waals surface area contributed by atoms with Crippen molar-refractivity contribution in [3.8, 4) is 0 Å². The number of β-amino-alcohol motifs (C(OH)–C–C–N with tert-alkyl or cyclic N) is 1. The molecule has 0 aromatic heterocycles. The van der Waals surface area contributed by atoms with E-state index in [9.17, 15) is 9.90 Å². The van der Waals surface area contributed by atoms with Crippen LogP contribution in [0.3, 0.4) is 0 Å². The molecule has 1 atom stereocenters. The van der Waals surface area contributed by atoms with Crippen molar-refractivity contribution < 1.29 is 9.90 Å². The number of nitrogens with one attached hydrogen (secondary N) is 1. The fraction of sp³-hybridized carbons (Fsp3) is 0.900. The minimum absolute atomic E-state index is 0.0560. The quantitative estimate of drug-likeness (QED) is 0.693.